The fourth-order valence-electron chi connectivity index (χ4n) is 18.5. The van der Waals surface area contributed by atoms with Gasteiger partial charge in [0.25, 0.3) is 0 Å². The standard InChI is InChI=1S/C94H74N2/c1-91(2)81-29-17-13-25-69(81)73-43-37-65(53-85(73)91)95(66-38-44-74-70-26-14-18-30-82(70)92(3,4)86(74)54-66)63-41-47-77-79(51-63)89(61-35-33-57-21-9-11-23-59(57)49-61)78-48-42-64(52-80(78)90(77)62-36-34-58-22-10-12-24-60(58)50-62)96(67-39-45-75-71-27-15-19-31-83(71)93(5,6)87(75)55-67)68-40-46-76-72-28-16-20-32-84(72)94(7,8)88(76)56-68/h9-56,69,81H,1-8H3. The minimum Gasteiger partial charge on any atom is -0.310 e. The highest BCUT2D eigenvalue weighted by Gasteiger charge is 2.45. The molecule has 2 unspecified atom stereocenters. The highest BCUT2D eigenvalue weighted by Crippen LogP contribution is 2.58. The Morgan fingerprint density at radius 2 is 0.604 bits per heavy atom. The van der Waals surface area contributed by atoms with Gasteiger partial charge >= 0.3 is 0 Å². The predicted molar refractivity (Wildman–Crippen MR) is 407 cm³/mol. The molecule has 0 bridgehead atoms. The maximum absolute atomic E-state index is 2.57. The lowest BCUT2D eigenvalue weighted by Gasteiger charge is -2.31. The molecule has 460 valence electrons. The van der Waals surface area contributed by atoms with Gasteiger partial charge in [-0.25, -0.2) is 0 Å². The van der Waals surface area contributed by atoms with Crippen molar-refractivity contribution >= 4 is 77.2 Å². The Bertz CT molecular complexity index is 5660. The summed E-state index contributed by atoms with van der Waals surface area (Å²) in [7, 11) is 0. The molecular weight excluding hydrogens is 1160 g/mol. The fraction of sp³-hybridized carbons (Fsp3) is 0.149. The summed E-state index contributed by atoms with van der Waals surface area (Å²) < 4.78 is 0. The van der Waals surface area contributed by atoms with E-state index >= 15 is 0 Å². The van der Waals surface area contributed by atoms with Crippen molar-refractivity contribution in [2.24, 2.45) is 5.92 Å². The zero-order chi connectivity index (χ0) is 64.7. The summed E-state index contributed by atoms with van der Waals surface area (Å²) in [5, 5.41) is 9.67. The lowest BCUT2D eigenvalue weighted by Crippen LogP contribution is -2.24. The van der Waals surface area contributed by atoms with Gasteiger partial charge in [0.2, 0.25) is 0 Å². The van der Waals surface area contributed by atoms with Gasteiger partial charge < -0.3 is 9.80 Å². The van der Waals surface area contributed by atoms with Crippen molar-refractivity contribution in [2.75, 3.05) is 9.80 Å². The minimum absolute atomic E-state index is 0.0781. The molecule has 2 nitrogen and oxygen atoms in total. The normalized spacial score (nSPS) is 17.2. The molecule has 0 saturated carbocycles. The predicted octanol–water partition coefficient (Wildman–Crippen LogP) is 25.6. The van der Waals surface area contributed by atoms with Gasteiger partial charge in [0, 0.05) is 56.3 Å². The summed E-state index contributed by atoms with van der Waals surface area (Å²) in [6.07, 6.45) is 9.36. The monoisotopic (exact) mass is 1230 g/mol. The zero-order valence-corrected chi connectivity index (χ0v) is 55.8. The van der Waals surface area contributed by atoms with E-state index in [4.69, 9.17) is 0 Å². The molecule has 5 aliphatic carbocycles. The number of hydrogen-bond acceptors (Lipinski definition) is 2. The first kappa shape index (κ1) is 56.7. The van der Waals surface area contributed by atoms with Crippen LogP contribution in [0.3, 0.4) is 0 Å². The number of anilines is 6. The van der Waals surface area contributed by atoms with E-state index in [0.717, 1.165) is 34.1 Å². The Hall–Kier alpha value is -10.8. The average molecular weight is 1230 g/mol. The number of hydrogen-bond donors (Lipinski definition) is 0. The van der Waals surface area contributed by atoms with E-state index in [-0.39, 0.29) is 21.7 Å². The molecule has 5 aliphatic rings. The zero-order valence-electron chi connectivity index (χ0n) is 55.8. The molecule has 0 aromatic heterocycles. The minimum atomic E-state index is -0.197. The van der Waals surface area contributed by atoms with E-state index in [1.165, 1.54) is 143 Å². The van der Waals surface area contributed by atoms with E-state index in [9.17, 15) is 0 Å². The topological polar surface area (TPSA) is 6.48 Å². The summed E-state index contributed by atoms with van der Waals surface area (Å²) in [6, 6.07) is 103. The van der Waals surface area contributed by atoms with Crippen molar-refractivity contribution in [1.29, 1.82) is 0 Å². The maximum atomic E-state index is 2.57. The van der Waals surface area contributed by atoms with Crippen LogP contribution in [0.15, 0.2) is 291 Å². The highest BCUT2D eigenvalue weighted by atomic mass is 15.1. The third-order valence-electron chi connectivity index (χ3n) is 23.5. The maximum Gasteiger partial charge on any atom is 0.0468 e. The molecule has 0 N–H and O–H groups in total. The molecule has 0 amide bonds. The van der Waals surface area contributed by atoms with Crippen LogP contribution in [-0.4, -0.2) is 0 Å². The molecule has 0 saturated heterocycles. The molecule has 14 aromatic rings. The molecule has 0 radical (unpaired) electrons. The van der Waals surface area contributed by atoms with Crippen LogP contribution < -0.4 is 9.80 Å². The second kappa shape index (κ2) is 20.4. The van der Waals surface area contributed by atoms with E-state index in [2.05, 4.69) is 356 Å². The van der Waals surface area contributed by atoms with Gasteiger partial charge in [-0.1, -0.05) is 262 Å². The van der Waals surface area contributed by atoms with Gasteiger partial charge in [-0.2, -0.15) is 0 Å². The van der Waals surface area contributed by atoms with Crippen LogP contribution >= 0.6 is 0 Å². The Balaban J connectivity index is 0.890. The first-order valence-electron chi connectivity index (χ1n) is 34.5. The molecule has 0 heterocycles. The van der Waals surface area contributed by atoms with Gasteiger partial charge in [-0.15, -0.1) is 0 Å². The van der Waals surface area contributed by atoms with Gasteiger partial charge in [0.1, 0.15) is 0 Å². The van der Waals surface area contributed by atoms with Crippen molar-refractivity contribution in [3.8, 4) is 55.6 Å². The molecule has 19 rings (SSSR count). The smallest absolute Gasteiger partial charge is 0.0468 e. The third-order valence-corrected chi connectivity index (χ3v) is 23.5. The number of fused-ring (bicyclic) bond motifs is 16. The van der Waals surface area contributed by atoms with Crippen molar-refractivity contribution in [1.82, 2.24) is 0 Å². The van der Waals surface area contributed by atoms with Gasteiger partial charge in [0.15, 0.2) is 0 Å². The van der Waals surface area contributed by atoms with Gasteiger partial charge in [-0.05, 0) is 239 Å². The molecule has 0 spiro atoms. The average Bonchev–Trinajstić information content (AvgIpc) is 1.02. The summed E-state index contributed by atoms with van der Waals surface area (Å²) in [6.45, 7) is 19.3. The summed E-state index contributed by atoms with van der Waals surface area (Å²) >= 11 is 0. The summed E-state index contributed by atoms with van der Waals surface area (Å²) in [5.74, 6) is 0.732. The summed E-state index contributed by atoms with van der Waals surface area (Å²) in [5.41, 5.74) is 29.8. The van der Waals surface area contributed by atoms with E-state index in [1.807, 2.05) is 0 Å². The third kappa shape index (κ3) is 8.12. The molecular formula is C94H74N2. The second-order valence-corrected chi connectivity index (χ2v) is 30.0. The van der Waals surface area contributed by atoms with Crippen LogP contribution in [-0.2, 0) is 21.7 Å². The van der Waals surface area contributed by atoms with Crippen molar-refractivity contribution in [3.63, 3.8) is 0 Å². The lowest BCUT2D eigenvalue weighted by molar-refractivity contribution is 0.394. The second-order valence-electron chi connectivity index (χ2n) is 30.0. The Labute approximate surface area is 563 Å². The van der Waals surface area contributed by atoms with Crippen molar-refractivity contribution in [2.45, 2.75) is 83.0 Å². The van der Waals surface area contributed by atoms with Crippen LogP contribution in [0, 0.1) is 5.92 Å². The van der Waals surface area contributed by atoms with Crippen LogP contribution in [0.5, 0.6) is 0 Å². The number of allylic oxidation sites excluding steroid dienone is 4. The SMILES string of the molecule is CC1(C)c2ccccc2-c2ccc(N(c3ccc4c(c3)C(C)(C)c3ccccc3-4)c3ccc4c(-c5ccc6ccccc6c5)c5cc(N(c6ccc7c(c6)C(C)(C)c6ccccc6-7)c6ccc7c(c6)C(C)(C)C6C=CC=CC76)ccc5c(-c5ccc6ccccc6c5)c4c3)cc21. The van der Waals surface area contributed by atoms with Crippen LogP contribution in [0.25, 0.3) is 98.7 Å². The van der Waals surface area contributed by atoms with E-state index in [0.29, 0.717) is 11.8 Å². The molecule has 0 aliphatic heterocycles. The largest absolute Gasteiger partial charge is 0.310 e. The number of rotatable bonds is 8. The van der Waals surface area contributed by atoms with Gasteiger partial charge in [-0.3, -0.25) is 0 Å². The van der Waals surface area contributed by atoms with Crippen LogP contribution in [0.1, 0.15) is 106 Å². The van der Waals surface area contributed by atoms with Crippen molar-refractivity contribution < 1.29 is 0 Å². The van der Waals surface area contributed by atoms with Crippen molar-refractivity contribution in [3.05, 3.63) is 336 Å². The van der Waals surface area contributed by atoms with Gasteiger partial charge in [0.05, 0.1) is 0 Å². The first-order valence-corrected chi connectivity index (χ1v) is 34.5. The Morgan fingerprint density at radius 3 is 1.04 bits per heavy atom. The lowest BCUT2D eigenvalue weighted by atomic mass is 9.74. The Kier molecular flexibility index (Phi) is 12.0. The molecule has 2 heteroatoms. The summed E-state index contributed by atoms with van der Waals surface area (Å²) in [4.78, 5) is 5.12. The highest BCUT2D eigenvalue weighted by molar-refractivity contribution is 6.23. The van der Waals surface area contributed by atoms with E-state index < -0.39 is 0 Å². The molecule has 2 atom stereocenters. The number of nitrogens with zero attached hydrogens (tertiary/aromatic N) is 2. The fourth-order valence-corrected chi connectivity index (χ4v) is 18.5. The Morgan fingerprint density at radius 1 is 0.260 bits per heavy atom. The van der Waals surface area contributed by atoms with E-state index in [1.54, 1.807) is 0 Å². The first-order chi connectivity index (χ1) is 46.6. The van der Waals surface area contributed by atoms with Crippen LogP contribution in [0.4, 0.5) is 34.1 Å². The molecule has 0 fully saturated rings. The molecule has 14 aromatic carbocycles. The molecule has 96 heavy (non-hydrogen) atoms. The number of benzene rings is 14. The quantitative estimate of drug-likeness (QED) is 0.140. The van der Waals surface area contributed by atoms with Crippen LogP contribution in [0.2, 0.25) is 0 Å².